The summed E-state index contributed by atoms with van der Waals surface area (Å²) in [5, 5.41) is 3.94. The molecule has 114 valence electrons. The molecule has 0 aromatic carbocycles. The molecule has 2 rings (SSSR count). The molecule has 20 heavy (non-hydrogen) atoms. The fourth-order valence-electron chi connectivity index (χ4n) is 3.31. The van der Waals surface area contributed by atoms with Gasteiger partial charge in [0.25, 0.3) is 0 Å². The van der Waals surface area contributed by atoms with Crippen LogP contribution in [0.1, 0.15) is 60.3 Å². The lowest BCUT2D eigenvalue weighted by Gasteiger charge is -2.41. The maximum Gasteiger partial charge on any atom is 0.0946 e. The van der Waals surface area contributed by atoms with Gasteiger partial charge in [0.2, 0.25) is 0 Å². The van der Waals surface area contributed by atoms with Crippen molar-refractivity contribution >= 4 is 0 Å². The predicted octanol–water partition coefficient (Wildman–Crippen LogP) is 3.86. The average Bonchev–Trinajstić information content (AvgIpc) is 2.78. The summed E-state index contributed by atoms with van der Waals surface area (Å²) >= 11 is 0. The maximum atomic E-state index is 4.16. The number of hydrogen-bond acceptors (Lipinski definition) is 2. The minimum Gasteiger partial charge on any atom is -0.336 e. The zero-order valence-electron chi connectivity index (χ0n) is 13.8. The summed E-state index contributed by atoms with van der Waals surface area (Å²) in [6.07, 6.45) is 11.2. The number of aromatic nitrogens is 2. The summed E-state index contributed by atoms with van der Waals surface area (Å²) in [7, 11) is 0. The van der Waals surface area contributed by atoms with Crippen LogP contribution in [0.5, 0.6) is 0 Å². The Morgan fingerprint density at radius 1 is 1.40 bits per heavy atom. The lowest BCUT2D eigenvalue weighted by Crippen LogP contribution is -2.50. The van der Waals surface area contributed by atoms with Crippen LogP contribution in [-0.2, 0) is 6.54 Å². The van der Waals surface area contributed by atoms with E-state index in [0.29, 0.717) is 17.5 Å². The van der Waals surface area contributed by atoms with Crippen LogP contribution in [0, 0.1) is 10.8 Å². The van der Waals surface area contributed by atoms with Crippen LogP contribution in [0.25, 0.3) is 0 Å². The van der Waals surface area contributed by atoms with Gasteiger partial charge in [-0.05, 0) is 30.1 Å². The maximum absolute atomic E-state index is 4.16. The van der Waals surface area contributed by atoms with E-state index in [2.05, 4.69) is 55.7 Å². The molecule has 1 saturated carbocycles. The first kappa shape index (κ1) is 15.6. The monoisotopic (exact) mass is 277 g/mol. The van der Waals surface area contributed by atoms with E-state index in [1.54, 1.807) is 0 Å². The molecule has 2 atom stereocenters. The van der Waals surface area contributed by atoms with Crippen molar-refractivity contribution in [2.24, 2.45) is 10.8 Å². The Morgan fingerprint density at radius 3 is 2.70 bits per heavy atom. The lowest BCUT2D eigenvalue weighted by atomic mass is 9.74. The number of nitrogens with one attached hydrogen (secondary N) is 1. The van der Waals surface area contributed by atoms with Crippen LogP contribution in [0.2, 0.25) is 0 Å². The van der Waals surface area contributed by atoms with Crippen molar-refractivity contribution in [1.29, 1.82) is 0 Å². The van der Waals surface area contributed by atoms with E-state index in [-0.39, 0.29) is 5.41 Å². The van der Waals surface area contributed by atoms with Crippen LogP contribution in [0.3, 0.4) is 0 Å². The Balaban J connectivity index is 2.01. The largest absolute Gasteiger partial charge is 0.336 e. The Kier molecular flexibility index (Phi) is 4.58. The molecule has 1 aliphatic carbocycles. The quantitative estimate of drug-likeness (QED) is 0.905. The number of imidazole rings is 1. The third kappa shape index (κ3) is 4.34. The van der Waals surface area contributed by atoms with Crippen LogP contribution in [-0.4, -0.2) is 21.6 Å². The van der Waals surface area contributed by atoms with Gasteiger partial charge in [-0.3, -0.25) is 0 Å². The first-order chi connectivity index (χ1) is 9.26. The smallest absolute Gasteiger partial charge is 0.0946 e. The molecule has 3 heteroatoms. The van der Waals surface area contributed by atoms with E-state index in [4.69, 9.17) is 0 Å². The molecule has 0 radical (unpaired) electrons. The molecule has 0 amide bonds. The summed E-state index contributed by atoms with van der Waals surface area (Å²) in [4.78, 5) is 4.16. The predicted molar refractivity (Wildman–Crippen MR) is 84.6 cm³/mol. The van der Waals surface area contributed by atoms with Gasteiger partial charge in [-0.25, -0.2) is 4.98 Å². The highest BCUT2D eigenvalue weighted by atomic mass is 15.1. The Hall–Kier alpha value is -0.830. The van der Waals surface area contributed by atoms with E-state index in [1.165, 1.54) is 25.7 Å². The van der Waals surface area contributed by atoms with Crippen molar-refractivity contribution in [2.75, 3.05) is 0 Å². The SMILES string of the molecule is CC1(C)CCCC(NC(Cn2ccnc2)C(C)(C)C)C1. The van der Waals surface area contributed by atoms with Gasteiger partial charge in [0.05, 0.1) is 6.33 Å². The van der Waals surface area contributed by atoms with E-state index in [0.717, 1.165) is 6.54 Å². The van der Waals surface area contributed by atoms with Crippen molar-refractivity contribution in [2.45, 2.75) is 78.9 Å². The molecule has 0 aliphatic heterocycles. The molecule has 1 fully saturated rings. The molecule has 0 bridgehead atoms. The first-order valence-electron chi connectivity index (χ1n) is 7.98. The van der Waals surface area contributed by atoms with Crippen molar-refractivity contribution in [3.63, 3.8) is 0 Å². The first-order valence-corrected chi connectivity index (χ1v) is 7.98. The van der Waals surface area contributed by atoms with Crippen LogP contribution >= 0.6 is 0 Å². The topological polar surface area (TPSA) is 29.9 Å². The Labute approximate surface area is 124 Å². The summed E-state index contributed by atoms with van der Waals surface area (Å²) in [5.74, 6) is 0. The van der Waals surface area contributed by atoms with Crippen LogP contribution in [0.15, 0.2) is 18.7 Å². The normalized spacial score (nSPS) is 24.6. The molecule has 2 unspecified atom stereocenters. The van der Waals surface area contributed by atoms with Crippen LogP contribution in [0.4, 0.5) is 0 Å². The second-order valence-electron chi connectivity index (χ2n) is 8.30. The summed E-state index contributed by atoms with van der Waals surface area (Å²) < 4.78 is 2.19. The second-order valence-corrected chi connectivity index (χ2v) is 8.30. The second kappa shape index (κ2) is 5.88. The highest BCUT2D eigenvalue weighted by Gasteiger charge is 2.32. The van der Waals surface area contributed by atoms with Gasteiger partial charge in [-0.1, -0.05) is 41.0 Å². The molecular formula is C17H31N3. The number of nitrogens with zero attached hydrogens (tertiary/aromatic N) is 2. The van der Waals surface area contributed by atoms with Crippen LogP contribution < -0.4 is 5.32 Å². The zero-order chi connectivity index (χ0) is 14.8. The number of rotatable bonds is 4. The minimum atomic E-state index is 0.256. The minimum absolute atomic E-state index is 0.256. The zero-order valence-corrected chi connectivity index (χ0v) is 13.8. The molecule has 1 N–H and O–H groups in total. The fraction of sp³-hybridized carbons (Fsp3) is 0.824. The van der Waals surface area contributed by atoms with E-state index < -0.39 is 0 Å². The van der Waals surface area contributed by atoms with E-state index in [9.17, 15) is 0 Å². The summed E-state index contributed by atoms with van der Waals surface area (Å²) in [5.41, 5.74) is 0.749. The Bertz CT molecular complexity index is 400. The van der Waals surface area contributed by atoms with Crippen molar-refractivity contribution in [3.8, 4) is 0 Å². The van der Waals surface area contributed by atoms with Gasteiger partial charge < -0.3 is 9.88 Å². The van der Waals surface area contributed by atoms with Gasteiger partial charge in [-0.2, -0.15) is 0 Å². The lowest BCUT2D eigenvalue weighted by molar-refractivity contribution is 0.151. The molecule has 1 heterocycles. The van der Waals surface area contributed by atoms with Gasteiger partial charge in [0.1, 0.15) is 0 Å². The van der Waals surface area contributed by atoms with Gasteiger partial charge in [0, 0.05) is 31.0 Å². The van der Waals surface area contributed by atoms with Crippen molar-refractivity contribution in [3.05, 3.63) is 18.7 Å². The van der Waals surface area contributed by atoms with Gasteiger partial charge >= 0.3 is 0 Å². The molecule has 1 aliphatic rings. The van der Waals surface area contributed by atoms with Gasteiger partial charge in [-0.15, -0.1) is 0 Å². The molecule has 3 nitrogen and oxygen atoms in total. The molecule has 1 aromatic heterocycles. The fourth-order valence-corrected chi connectivity index (χ4v) is 3.31. The summed E-state index contributed by atoms with van der Waals surface area (Å²) in [6, 6.07) is 1.14. The highest BCUT2D eigenvalue weighted by molar-refractivity contribution is 4.90. The third-order valence-corrected chi connectivity index (χ3v) is 4.64. The molecule has 1 aromatic rings. The van der Waals surface area contributed by atoms with E-state index in [1.807, 2.05) is 12.5 Å². The highest BCUT2D eigenvalue weighted by Crippen LogP contribution is 2.36. The summed E-state index contributed by atoms with van der Waals surface area (Å²) in [6.45, 7) is 12.8. The van der Waals surface area contributed by atoms with Crippen molar-refractivity contribution < 1.29 is 0 Å². The van der Waals surface area contributed by atoms with Crippen molar-refractivity contribution in [1.82, 2.24) is 14.9 Å². The number of hydrogen-bond donors (Lipinski definition) is 1. The van der Waals surface area contributed by atoms with Gasteiger partial charge in [0.15, 0.2) is 0 Å². The Morgan fingerprint density at radius 2 is 2.15 bits per heavy atom. The molecule has 0 saturated heterocycles. The molecular weight excluding hydrogens is 246 g/mol. The van der Waals surface area contributed by atoms with E-state index >= 15 is 0 Å². The third-order valence-electron chi connectivity index (χ3n) is 4.64. The molecule has 0 spiro atoms. The average molecular weight is 277 g/mol. The standard InChI is InChI=1S/C17H31N3/c1-16(2,3)15(12-20-10-9-18-13-20)19-14-7-6-8-17(4,5)11-14/h9-10,13-15,19H,6-8,11-12H2,1-5H3.